The van der Waals surface area contributed by atoms with Crippen LogP contribution in [0.3, 0.4) is 0 Å². The lowest BCUT2D eigenvalue weighted by Crippen LogP contribution is -2.62. The Morgan fingerprint density at radius 3 is 2.16 bits per heavy atom. The molecule has 0 unspecified atom stereocenters. The first-order valence-electron chi connectivity index (χ1n) is 10.0. The molecule has 3 atom stereocenters. The lowest BCUT2D eigenvalue weighted by molar-refractivity contribution is -0.136. The van der Waals surface area contributed by atoms with Crippen LogP contribution in [0.25, 0.3) is 0 Å². The molecule has 9 heteroatoms. The maximum Gasteiger partial charge on any atom is 0.288 e. The van der Waals surface area contributed by atoms with Crippen LogP contribution in [-0.4, -0.2) is 55.7 Å². The molecule has 4 fully saturated rings. The number of carbonyl (C=O) groups excluding carboxylic acids is 3. The van der Waals surface area contributed by atoms with Crippen molar-refractivity contribution in [1.82, 2.24) is 9.80 Å². The first kappa shape index (κ1) is 20.1. The maximum atomic E-state index is 14.3. The molecule has 0 aliphatic carbocycles. The molecule has 0 saturated carbocycles. The molecule has 3 amide bonds. The third kappa shape index (κ3) is 2.43. The highest BCUT2D eigenvalue weighted by Gasteiger charge is 2.82. The third-order valence-electron chi connectivity index (χ3n) is 6.16. The topological polar surface area (TPSA) is 57.7 Å². The van der Waals surface area contributed by atoms with Gasteiger partial charge in [0.25, 0.3) is 17.1 Å². The molecular formula is C22H18N2O3S4. The Bertz CT molecular complexity index is 1100. The van der Waals surface area contributed by atoms with Gasteiger partial charge in [0.05, 0.1) is 0 Å². The first-order valence-corrected chi connectivity index (χ1v) is 13.6. The van der Waals surface area contributed by atoms with Gasteiger partial charge in [-0.1, -0.05) is 84.2 Å². The molecule has 2 aromatic rings. The van der Waals surface area contributed by atoms with Gasteiger partial charge < -0.3 is 4.90 Å². The molecule has 6 rings (SSSR count). The van der Waals surface area contributed by atoms with Crippen molar-refractivity contribution in [3.63, 3.8) is 0 Å². The lowest BCUT2D eigenvalue weighted by atomic mass is 9.94. The molecule has 0 aromatic heterocycles. The molecule has 4 saturated heterocycles. The summed E-state index contributed by atoms with van der Waals surface area (Å²) in [6, 6.07) is 19.5. The Hall–Kier alpha value is -1.55. The summed E-state index contributed by atoms with van der Waals surface area (Å²) in [5.74, 6) is 1.24. The molecule has 158 valence electrons. The zero-order valence-electron chi connectivity index (χ0n) is 16.4. The van der Waals surface area contributed by atoms with Gasteiger partial charge in [0.2, 0.25) is 0 Å². The molecule has 1 spiro atoms. The van der Waals surface area contributed by atoms with Crippen LogP contribution in [0, 0.1) is 0 Å². The largest absolute Gasteiger partial charge is 0.314 e. The highest BCUT2D eigenvalue weighted by molar-refractivity contribution is 8.31. The van der Waals surface area contributed by atoms with Crippen molar-refractivity contribution in [3.8, 4) is 0 Å². The monoisotopic (exact) mass is 486 g/mol. The number of rotatable bonds is 3. The summed E-state index contributed by atoms with van der Waals surface area (Å²) in [4.78, 5) is 44.0. The second-order valence-electron chi connectivity index (χ2n) is 7.69. The molecule has 4 heterocycles. The van der Waals surface area contributed by atoms with Gasteiger partial charge in [0, 0.05) is 24.6 Å². The fraction of sp³-hybridized carbons (Fsp3) is 0.318. The highest BCUT2D eigenvalue weighted by atomic mass is 32.2. The highest BCUT2D eigenvalue weighted by Crippen LogP contribution is 2.82. The SMILES string of the molecule is O=C1SCCN1C(=O)[C@]1(c2ccccc2)S[C@]2(c3ccccc3)S[C@]13SCCN3C2=O. The second kappa shape index (κ2) is 6.97. The zero-order chi connectivity index (χ0) is 21.3. The third-order valence-corrected chi connectivity index (χ3v) is 12.9. The van der Waals surface area contributed by atoms with Crippen LogP contribution in [-0.2, 0) is 18.4 Å². The number of amides is 3. The van der Waals surface area contributed by atoms with Crippen molar-refractivity contribution in [2.24, 2.45) is 0 Å². The van der Waals surface area contributed by atoms with E-state index in [-0.39, 0.29) is 17.1 Å². The Balaban J connectivity index is 1.61. The summed E-state index contributed by atoms with van der Waals surface area (Å²) < 4.78 is -2.75. The maximum absolute atomic E-state index is 14.3. The quantitative estimate of drug-likeness (QED) is 0.646. The molecule has 5 nitrogen and oxygen atoms in total. The van der Waals surface area contributed by atoms with Crippen molar-refractivity contribution in [3.05, 3.63) is 71.8 Å². The number of imide groups is 1. The van der Waals surface area contributed by atoms with E-state index in [0.717, 1.165) is 16.9 Å². The van der Waals surface area contributed by atoms with E-state index in [0.29, 0.717) is 18.8 Å². The van der Waals surface area contributed by atoms with E-state index in [2.05, 4.69) is 0 Å². The molecule has 0 radical (unpaired) electrons. The molecule has 2 aromatic carbocycles. The van der Waals surface area contributed by atoms with Crippen LogP contribution in [0.5, 0.6) is 0 Å². The minimum absolute atomic E-state index is 0.0557. The van der Waals surface area contributed by atoms with Gasteiger partial charge in [-0.15, -0.1) is 23.5 Å². The molecule has 0 N–H and O–H groups in total. The summed E-state index contributed by atoms with van der Waals surface area (Å²) >= 11 is 5.88. The van der Waals surface area contributed by atoms with E-state index in [9.17, 15) is 14.4 Å². The van der Waals surface area contributed by atoms with Gasteiger partial charge in [0.15, 0.2) is 13.0 Å². The van der Waals surface area contributed by atoms with Crippen molar-refractivity contribution >= 4 is 64.1 Å². The predicted molar refractivity (Wildman–Crippen MR) is 128 cm³/mol. The van der Waals surface area contributed by atoms with Crippen LogP contribution in [0.15, 0.2) is 60.7 Å². The molecular weight excluding hydrogens is 469 g/mol. The van der Waals surface area contributed by atoms with Crippen molar-refractivity contribution in [2.75, 3.05) is 24.6 Å². The van der Waals surface area contributed by atoms with E-state index in [1.165, 1.54) is 28.4 Å². The van der Waals surface area contributed by atoms with Crippen LogP contribution in [0.1, 0.15) is 11.1 Å². The van der Waals surface area contributed by atoms with Gasteiger partial charge in [-0.3, -0.25) is 19.3 Å². The average molecular weight is 487 g/mol. The smallest absolute Gasteiger partial charge is 0.288 e. The van der Waals surface area contributed by atoms with Crippen molar-refractivity contribution < 1.29 is 14.4 Å². The van der Waals surface area contributed by atoms with E-state index in [1.54, 1.807) is 23.5 Å². The normalized spacial score (nSPS) is 33.9. The van der Waals surface area contributed by atoms with Gasteiger partial charge >= 0.3 is 0 Å². The van der Waals surface area contributed by atoms with Crippen LogP contribution < -0.4 is 0 Å². The van der Waals surface area contributed by atoms with E-state index < -0.39 is 13.0 Å². The minimum atomic E-state index is -1.07. The first-order chi connectivity index (χ1) is 15.1. The Morgan fingerprint density at radius 2 is 1.52 bits per heavy atom. The Labute approximate surface area is 197 Å². The van der Waals surface area contributed by atoms with Crippen LogP contribution in [0.2, 0.25) is 0 Å². The van der Waals surface area contributed by atoms with Gasteiger partial charge in [-0.05, 0) is 11.1 Å². The van der Waals surface area contributed by atoms with Crippen molar-refractivity contribution in [2.45, 2.75) is 13.0 Å². The summed E-state index contributed by atoms with van der Waals surface area (Å²) in [7, 11) is 0. The molecule has 4 aliphatic heterocycles. The standard InChI is InChI=1S/C22H18N2O3S4/c25-17(23-11-13-28-19(23)27)20(15-7-3-1-4-8-15)22-24(12-14-29-22)18(26)21(30-20,31-22)16-9-5-2-6-10-16/h1-10H,11-14H2/t20-,21+,22+/m0/s1. The lowest BCUT2D eigenvalue weighted by Gasteiger charge is -2.47. The Kier molecular flexibility index (Phi) is 4.52. The number of fused-ring (bicyclic) bond motifs is 1. The van der Waals surface area contributed by atoms with Crippen LogP contribution in [0.4, 0.5) is 4.79 Å². The van der Waals surface area contributed by atoms with Crippen LogP contribution >= 0.6 is 47.0 Å². The van der Waals surface area contributed by atoms with Crippen molar-refractivity contribution in [1.29, 1.82) is 0 Å². The molecule has 31 heavy (non-hydrogen) atoms. The zero-order valence-corrected chi connectivity index (χ0v) is 19.6. The van der Waals surface area contributed by atoms with E-state index in [1.807, 2.05) is 65.6 Å². The van der Waals surface area contributed by atoms with Gasteiger partial charge in [-0.2, -0.15) is 0 Å². The molecule has 4 aliphatic rings. The predicted octanol–water partition coefficient (Wildman–Crippen LogP) is 4.15. The Morgan fingerprint density at radius 1 is 0.839 bits per heavy atom. The van der Waals surface area contributed by atoms with E-state index in [4.69, 9.17) is 0 Å². The number of hydrogen-bond donors (Lipinski definition) is 0. The van der Waals surface area contributed by atoms with Gasteiger partial charge in [-0.25, -0.2) is 0 Å². The number of carbonyl (C=O) groups is 3. The average Bonchev–Trinajstić information content (AvgIpc) is 3.55. The fourth-order valence-corrected chi connectivity index (χ4v) is 12.4. The minimum Gasteiger partial charge on any atom is -0.314 e. The van der Waals surface area contributed by atoms with Gasteiger partial charge in [0.1, 0.15) is 0 Å². The summed E-state index contributed by atoms with van der Waals surface area (Å²) in [5.41, 5.74) is 1.75. The molecule has 2 bridgehead atoms. The van der Waals surface area contributed by atoms with E-state index >= 15 is 0 Å². The second-order valence-corrected chi connectivity index (χ2v) is 13.4. The summed E-state index contributed by atoms with van der Waals surface area (Å²) in [6.07, 6.45) is 0. The number of thioether (sulfide) groups is 4. The summed E-state index contributed by atoms with van der Waals surface area (Å²) in [6.45, 7) is 1.02. The summed E-state index contributed by atoms with van der Waals surface area (Å²) in [5, 5.41) is -0.195. The fourth-order valence-electron chi connectivity index (χ4n) is 4.83. The number of benzene rings is 2. The number of nitrogens with zero attached hydrogens (tertiary/aromatic N) is 2. The number of hydrogen-bond acceptors (Lipinski definition) is 7.